The lowest BCUT2D eigenvalue weighted by Crippen LogP contribution is -2.50. The van der Waals surface area contributed by atoms with Gasteiger partial charge in [0.2, 0.25) is 0 Å². The minimum absolute atomic E-state index is 0.390. The highest BCUT2D eigenvalue weighted by Gasteiger charge is 2.42. The minimum Gasteiger partial charge on any atom is -0.329 e. The molecule has 2 rings (SSSR count). The Kier molecular flexibility index (Phi) is 2.13. The van der Waals surface area contributed by atoms with Crippen LogP contribution in [0.25, 0.3) is 0 Å². The summed E-state index contributed by atoms with van der Waals surface area (Å²) in [6, 6.07) is 0.867. The van der Waals surface area contributed by atoms with Crippen LogP contribution in [0.1, 0.15) is 38.5 Å². The fourth-order valence-corrected chi connectivity index (χ4v) is 2.58. The molecule has 0 heterocycles. The zero-order valence-corrected chi connectivity index (χ0v) is 8.05. The molecule has 2 nitrogen and oxygen atoms in total. The number of rotatable bonds is 3. The normalized spacial score (nSPS) is 28.2. The van der Waals surface area contributed by atoms with Gasteiger partial charge in [0.1, 0.15) is 0 Å². The van der Waals surface area contributed by atoms with E-state index in [1.54, 1.807) is 0 Å². The Morgan fingerprint density at radius 1 is 1.33 bits per heavy atom. The summed E-state index contributed by atoms with van der Waals surface area (Å²) in [5, 5.41) is 0. The van der Waals surface area contributed by atoms with E-state index in [-0.39, 0.29) is 0 Å². The smallest absolute Gasteiger partial charge is 0.0331 e. The van der Waals surface area contributed by atoms with Gasteiger partial charge in [-0.25, -0.2) is 0 Å². The van der Waals surface area contributed by atoms with Gasteiger partial charge in [0.25, 0.3) is 0 Å². The molecule has 0 spiro atoms. The fourth-order valence-electron chi connectivity index (χ4n) is 2.58. The van der Waals surface area contributed by atoms with Gasteiger partial charge in [-0.15, -0.1) is 0 Å². The Hall–Kier alpha value is -0.0800. The van der Waals surface area contributed by atoms with Crippen molar-refractivity contribution < 1.29 is 0 Å². The maximum Gasteiger partial charge on any atom is 0.0331 e. The third-order valence-electron chi connectivity index (χ3n) is 3.76. The molecule has 0 bridgehead atoms. The van der Waals surface area contributed by atoms with E-state index in [1.165, 1.54) is 38.5 Å². The van der Waals surface area contributed by atoms with Gasteiger partial charge >= 0.3 is 0 Å². The van der Waals surface area contributed by atoms with Crippen LogP contribution in [0.15, 0.2) is 0 Å². The van der Waals surface area contributed by atoms with E-state index in [2.05, 4.69) is 11.9 Å². The molecular formula is C10H20N2. The number of nitrogens with zero attached hydrogens (tertiary/aromatic N) is 1. The topological polar surface area (TPSA) is 29.3 Å². The zero-order chi connectivity index (χ0) is 8.60. The molecule has 70 valence electrons. The largest absolute Gasteiger partial charge is 0.329 e. The van der Waals surface area contributed by atoms with Gasteiger partial charge in [-0.3, -0.25) is 4.90 Å². The average molecular weight is 168 g/mol. The minimum atomic E-state index is 0.390. The van der Waals surface area contributed by atoms with E-state index in [9.17, 15) is 0 Å². The lowest BCUT2D eigenvalue weighted by Gasteiger charge is -2.38. The molecule has 0 aromatic rings. The molecule has 2 fully saturated rings. The highest BCUT2D eigenvalue weighted by Crippen LogP contribution is 2.39. The van der Waals surface area contributed by atoms with Crippen molar-refractivity contribution in [3.63, 3.8) is 0 Å². The number of likely N-dealkylation sites (N-methyl/N-ethyl adjacent to an activating group) is 1. The molecule has 2 saturated carbocycles. The van der Waals surface area contributed by atoms with E-state index in [4.69, 9.17) is 5.73 Å². The van der Waals surface area contributed by atoms with Gasteiger partial charge < -0.3 is 5.73 Å². The fraction of sp³-hybridized carbons (Fsp3) is 1.00. The van der Waals surface area contributed by atoms with E-state index in [1.807, 2.05) is 0 Å². The average Bonchev–Trinajstić information content (AvgIpc) is 2.83. The number of nitrogens with two attached hydrogens (primary N) is 1. The molecular weight excluding hydrogens is 148 g/mol. The van der Waals surface area contributed by atoms with Gasteiger partial charge in [-0.1, -0.05) is 12.8 Å². The predicted octanol–water partition coefficient (Wildman–Crippen LogP) is 1.35. The van der Waals surface area contributed by atoms with Crippen LogP contribution in [0.5, 0.6) is 0 Å². The maximum absolute atomic E-state index is 5.89. The summed E-state index contributed by atoms with van der Waals surface area (Å²) in [6.45, 7) is 0.861. The summed E-state index contributed by atoms with van der Waals surface area (Å²) in [5.74, 6) is 0. The summed E-state index contributed by atoms with van der Waals surface area (Å²) in [5.41, 5.74) is 6.28. The van der Waals surface area contributed by atoms with Gasteiger partial charge in [-0.05, 0) is 32.7 Å². The molecule has 0 unspecified atom stereocenters. The van der Waals surface area contributed by atoms with Crippen LogP contribution in [0.2, 0.25) is 0 Å². The van der Waals surface area contributed by atoms with Crippen molar-refractivity contribution in [3.8, 4) is 0 Å². The van der Waals surface area contributed by atoms with E-state index >= 15 is 0 Å². The van der Waals surface area contributed by atoms with Crippen LogP contribution >= 0.6 is 0 Å². The SMILES string of the molecule is CN(C1CC1)C1(CN)CCCC1. The van der Waals surface area contributed by atoms with Crippen LogP contribution in [0.4, 0.5) is 0 Å². The summed E-state index contributed by atoms with van der Waals surface area (Å²) >= 11 is 0. The molecule has 0 aromatic heterocycles. The lowest BCUT2D eigenvalue weighted by atomic mass is 9.95. The Bertz CT molecular complexity index is 157. The molecule has 2 N–H and O–H groups in total. The number of hydrogen-bond donors (Lipinski definition) is 1. The summed E-state index contributed by atoms with van der Waals surface area (Å²) in [4.78, 5) is 2.57. The standard InChI is InChI=1S/C10H20N2/c1-12(9-4-5-9)10(8-11)6-2-3-7-10/h9H,2-8,11H2,1H3. The first-order chi connectivity index (χ1) is 5.78. The van der Waals surface area contributed by atoms with Crippen molar-refractivity contribution in [1.82, 2.24) is 4.90 Å². The van der Waals surface area contributed by atoms with Crippen molar-refractivity contribution in [2.75, 3.05) is 13.6 Å². The Labute approximate surface area is 75.1 Å². The Morgan fingerprint density at radius 2 is 1.92 bits per heavy atom. The molecule has 0 atom stereocenters. The summed E-state index contributed by atoms with van der Waals surface area (Å²) in [6.07, 6.45) is 8.23. The zero-order valence-electron chi connectivity index (χ0n) is 8.05. The third kappa shape index (κ3) is 1.27. The first kappa shape index (κ1) is 8.52. The van der Waals surface area contributed by atoms with Gasteiger partial charge in [0, 0.05) is 18.1 Å². The highest BCUT2D eigenvalue weighted by atomic mass is 15.2. The number of hydrogen-bond acceptors (Lipinski definition) is 2. The van der Waals surface area contributed by atoms with Crippen LogP contribution in [0.3, 0.4) is 0 Å². The molecule has 0 aliphatic heterocycles. The molecule has 2 heteroatoms. The van der Waals surface area contributed by atoms with Crippen molar-refractivity contribution in [1.29, 1.82) is 0 Å². The first-order valence-electron chi connectivity index (χ1n) is 5.21. The van der Waals surface area contributed by atoms with Gasteiger partial charge in [-0.2, -0.15) is 0 Å². The quantitative estimate of drug-likeness (QED) is 0.689. The predicted molar refractivity (Wildman–Crippen MR) is 51.0 cm³/mol. The maximum atomic E-state index is 5.89. The second-order valence-corrected chi connectivity index (χ2v) is 4.48. The van der Waals surface area contributed by atoms with Crippen LogP contribution in [-0.2, 0) is 0 Å². The molecule has 2 aliphatic rings. The van der Waals surface area contributed by atoms with Crippen LogP contribution in [0, 0.1) is 0 Å². The molecule has 0 amide bonds. The van der Waals surface area contributed by atoms with Gasteiger partial charge in [0.15, 0.2) is 0 Å². The molecule has 0 aromatic carbocycles. The first-order valence-corrected chi connectivity index (χ1v) is 5.21. The van der Waals surface area contributed by atoms with Crippen molar-refractivity contribution in [2.45, 2.75) is 50.1 Å². The van der Waals surface area contributed by atoms with Crippen molar-refractivity contribution in [3.05, 3.63) is 0 Å². The summed E-state index contributed by atoms with van der Waals surface area (Å²) in [7, 11) is 2.27. The van der Waals surface area contributed by atoms with Crippen molar-refractivity contribution in [2.24, 2.45) is 5.73 Å². The van der Waals surface area contributed by atoms with Crippen LogP contribution < -0.4 is 5.73 Å². The molecule has 12 heavy (non-hydrogen) atoms. The van der Waals surface area contributed by atoms with Crippen molar-refractivity contribution >= 4 is 0 Å². The molecule has 0 saturated heterocycles. The van der Waals surface area contributed by atoms with E-state index in [0.717, 1.165) is 12.6 Å². The molecule has 0 radical (unpaired) electrons. The summed E-state index contributed by atoms with van der Waals surface area (Å²) < 4.78 is 0. The Balaban J connectivity index is 2.03. The van der Waals surface area contributed by atoms with Gasteiger partial charge in [0.05, 0.1) is 0 Å². The lowest BCUT2D eigenvalue weighted by molar-refractivity contribution is 0.123. The second-order valence-electron chi connectivity index (χ2n) is 4.48. The second kappa shape index (κ2) is 3.00. The monoisotopic (exact) mass is 168 g/mol. The van der Waals surface area contributed by atoms with E-state index < -0.39 is 0 Å². The van der Waals surface area contributed by atoms with E-state index in [0.29, 0.717) is 5.54 Å². The highest BCUT2D eigenvalue weighted by molar-refractivity contribution is 5.00. The molecule has 2 aliphatic carbocycles. The van der Waals surface area contributed by atoms with Crippen LogP contribution in [-0.4, -0.2) is 30.1 Å². The Morgan fingerprint density at radius 3 is 2.33 bits per heavy atom. The third-order valence-corrected chi connectivity index (χ3v) is 3.76.